The molecular weight excluding hydrogens is 198 g/mol. The maximum atomic E-state index is 11.6. The summed E-state index contributed by atoms with van der Waals surface area (Å²) in [7, 11) is 1.92. The van der Waals surface area contributed by atoms with Crippen molar-refractivity contribution in [1.29, 1.82) is 0 Å². The number of Topliss-reactive ketones (excluding diaryl/α,β-unsaturated/α-hetero) is 1. The molecule has 3 heteroatoms. The Morgan fingerprint density at radius 3 is 2.43 bits per heavy atom. The Labute approximate surface area is 89.5 Å². The van der Waals surface area contributed by atoms with Gasteiger partial charge >= 0.3 is 0 Å². The van der Waals surface area contributed by atoms with Gasteiger partial charge in [0.25, 0.3) is 0 Å². The van der Waals surface area contributed by atoms with Gasteiger partial charge in [-0.3, -0.25) is 9.69 Å². The first kappa shape index (κ1) is 11.2. The van der Waals surface area contributed by atoms with Crippen LogP contribution < -0.4 is 0 Å². The van der Waals surface area contributed by atoms with Gasteiger partial charge in [-0.2, -0.15) is 0 Å². The predicted molar refractivity (Wildman–Crippen MR) is 59.0 cm³/mol. The van der Waals surface area contributed by atoms with Crippen molar-refractivity contribution in [2.75, 3.05) is 20.1 Å². The summed E-state index contributed by atoms with van der Waals surface area (Å²) in [5.74, 6) is 0.131. The molecule has 0 unspecified atom stereocenters. The first-order valence-corrected chi connectivity index (χ1v) is 4.98. The van der Waals surface area contributed by atoms with Crippen LogP contribution in [0.15, 0.2) is 24.3 Å². The summed E-state index contributed by atoms with van der Waals surface area (Å²) in [6, 6.07) is 6.99. The molecule has 0 radical (unpaired) electrons. The van der Waals surface area contributed by atoms with Gasteiger partial charge in [0.2, 0.25) is 0 Å². The lowest BCUT2D eigenvalue weighted by atomic mass is 10.1. The van der Waals surface area contributed by atoms with Crippen molar-refractivity contribution in [3.8, 4) is 0 Å². The van der Waals surface area contributed by atoms with E-state index in [-0.39, 0.29) is 5.78 Å². The van der Waals surface area contributed by atoms with Crippen molar-refractivity contribution in [2.24, 2.45) is 0 Å². The van der Waals surface area contributed by atoms with E-state index in [9.17, 15) is 4.79 Å². The molecule has 1 rings (SSSR count). The lowest BCUT2D eigenvalue weighted by molar-refractivity contribution is 0.0949. The Kier molecular flexibility index (Phi) is 4.11. The topological polar surface area (TPSA) is 20.3 Å². The first-order valence-electron chi connectivity index (χ1n) is 4.60. The number of ketones is 1. The second-order valence-corrected chi connectivity index (χ2v) is 3.70. The van der Waals surface area contributed by atoms with Gasteiger partial charge in [0.1, 0.15) is 0 Å². The van der Waals surface area contributed by atoms with Crippen molar-refractivity contribution in [2.45, 2.75) is 6.92 Å². The Morgan fingerprint density at radius 2 is 1.93 bits per heavy atom. The Bertz CT molecular complexity index is 308. The monoisotopic (exact) mass is 211 g/mol. The zero-order valence-electron chi connectivity index (χ0n) is 8.46. The van der Waals surface area contributed by atoms with E-state index in [1.807, 2.05) is 18.9 Å². The molecular formula is C11H14ClNO. The number of carbonyl (C=O) groups is 1. The summed E-state index contributed by atoms with van der Waals surface area (Å²) in [5, 5.41) is 0.658. The molecule has 0 heterocycles. The highest BCUT2D eigenvalue weighted by Crippen LogP contribution is 2.10. The zero-order valence-corrected chi connectivity index (χ0v) is 9.21. The molecule has 1 aromatic rings. The van der Waals surface area contributed by atoms with Gasteiger partial charge in [-0.15, -0.1) is 0 Å². The average Bonchev–Trinajstić information content (AvgIpc) is 2.18. The van der Waals surface area contributed by atoms with Crippen molar-refractivity contribution >= 4 is 17.4 Å². The van der Waals surface area contributed by atoms with E-state index >= 15 is 0 Å². The van der Waals surface area contributed by atoms with Crippen LogP contribution in [0.2, 0.25) is 5.02 Å². The van der Waals surface area contributed by atoms with Crippen LogP contribution in [0, 0.1) is 0 Å². The molecule has 0 bridgehead atoms. The Balaban J connectivity index is 2.65. The molecule has 1 aromatic carbocycles. The molecule has 14 heavy (non-hydrogen) atoms. The molecule has 0 N–H and O–H groups in total. The fourth-order valence-electron chi connectivity index (χ4n) is 1.08. The number of nitrogens with zero attached hydrogens (tertiary/aromatic N) is 1. The third kappa shape index (κ3) is 3.13. The predicted octanol–water partition coefficient (Wildman–Crippen LogP) is 2.47. The Morgan fingerprint density at radius 1 is 1.36 bits per heavy atom. The van der Waals surface area contributed by atoms with E-state index in [2.05, 4.69) is 0 Å². The summed E-state index contributed by atoms with van der Waals surface area (Å²) in [4.78, 5) is 13.6. The molecule has 0 aromatic heterocycles. The highest BCUT2D eigenvalue weighted by atomic mass is 35.5. The van der Waals surface area contributed by atoms with E-state index < -0.39 is 0 Å². The van der Waals surface area contributed by atoms with Gasteiger partial charge in [0.05, 0.1) is 6.54 Å². The SMILES string of the molecule is CCN(C)CC(=O)c1ccc(Cl)cc1. The number of likely N-dealkylation sites (N-methyl/N-ethyl adjacent to an activating group) is 1. The number of rotatable bonds is 4. The van der Waals surface area contributed by atoms with Crippen LogP contribution in [0.4, 0.5) is 0 Å². The van der Waals surface area contributed by atoms with Crippen LogP contribution in [-0.4, -0.2) is 30.8 Å². The van der Waals surface area contributed by atoms with E-state index in [0.717, 1.165) is 12.1 Å². The standard InChI is InChI=1S/C11H14ClNO/c1-3-13(2)8-11(14)9-4-6-10(12)7-5-9/h4-7H,3,8H2,1-2H3. The van der Waals surface area contributed by atoms with Gasteiger partial charge in [0.15, 0.2) is 5.78 Å². The summed E-state index contributed by atoms with van der Waals surface area (Å²) in [5.41, 5.74) is 0.717. The maximum Gasteiger partial charge on any atom is 0.176 e. The van der Waals surface area contributed by atoms with Gasteiger partial charge in [-0.1, -0.05) is 18.5 Å². The van der Waals surface area contributed by atoms with Crippen molar-refractivity contribution in [3.63, 3.8) is 0 Å². The molecule has 0 fully saturated rings. The number of carbonyl (C=O) groups excluding carboxylic acids is 1. The minimum atomic E-state index is 0.131. The van der Waals surface area contributed by atoms with Gasteiger partial charge in [-0.25, -0.2) is 0 Å². The molecule has 0 atom stereocenters. The van der Waals surface area contributed by atoms with Crippen molar-refractivity contribution in [3.05, 3.63) is 34.9 Å². The van der Waals surface area contributed by atoms with E-state index in [1.54, 1.807) is 24.3 Å². The van der Waals surface area contributed by atoms with E-state index in [1.165, 1.54) is 0 Å². The third-order valence-electron chi connectivity index (χ3n) is 2.12. The molecule has 0 aliphatic rings. The summed E-state index contributed by atoms with van der Waals surface area (Å²) < 4.78 is 0. The van der Waals surface area contributed by atoms with Crippen LogP contribution in [0.3, 0.4) is 0 Å². The second kappa shape index (κ2) is 5.13. The summed E-state index contributed by atoms with van der Waals surface area (Å²) in [6.45, 7) is 3.35. The van der Waals surface area contributed by atoms with Crippen molar-refractivity contribution < 1.29 is 4.79 Å². The molecule has 0 saturated heterocycles. The smallest absolute Gasteiger partial charge is 0.176 e. The van der Waals surface area contributed by atoms with Crippen LogP contribution >= 0.6 is 11.6 Å². The number of hydrogen-bond acceptors (Lipinski definition) is 2. The molecule has 76 valence electrons. The number of halogens is 1. The fraction of sp³-hybridized carbons (Fsp3) is 0.364. The maximum absolute atomic E-state index is 11.6. The highest BCUT2D eigenvalue weighted by molar-refractivity contribution is 6.30. The first-order chi connectivity index (χ1) is 6.63. The van der Waals surface area contributed by atoms with Crippen LogP contribution in [0.1, 0.15) is 17.3 Å². The second-order valence-electron chi connectivity index (χ2n) is 3.26. The zero-order chi connectivity index (χ0) is 10.6. The van der Waals surface area contributed by atoms with E-state index in [0.29, 0.717) is 11.6 Å². The van der Waals surface area contributed by atoms with Crippen LogP contribution in [0.5, 0.6) is 0 Å². The van der Waals surface area contributed by atoms with Crippen molar-refractivity contribution in [1.82, 2.24) is 4.90 Å². The molecule has 2 nitrogen and oxygen atoms in total. The summed E-state index contributed by atoms with van der Waals surface area (Å²) in [6.07, 6.45) is 0. The fourth-order valence-corrected chi connectivity index (χ4v) is 1.21. The number of hydrogen-bond donors (Lipinski definition) is 0. The Hall–Kier alpha value is -0.860. The van der Waals surface area contributed by atoms with E-state index in [4.69, 9.17) is 11.6 Å². The minimum Gasteiger partial charge on any atom is -0.299 e. The van der Waals surface area contributed by atoms with Crippen LogP contribution in [-0.2, 0) is 0 Å². The molecule has 0 aliphatic heterocycles. The minimum absolute atomic E-state index is 0.131. The normalized spacial score (nSPS) is 10.6. The third-order valence-corrected chi connectivity index (χ3v) is 2.37. The highest BCUT2D eigenvalue weighted by Gasteiger charge is 2.07. The molecule has 0 aliphatic carbocycles. The summed E-state index contributed by atoms with van der Waals surface area (Å²) >= 11 is 5.73. The molecule has 0 amide bonds. The largest absolute Gasteiger partial charge is 0.299 e. The quantitative estimate of drug-likeness (QED) is 0.714. The van der Waals surface area contributed by atoms with Gasteiger partial charge < -0.3 is 0 Å². The molecule has 0 saturated carbocycles. The van der Waals surface area contributed by atoms with Gasteiger partial charge in [-0.05, 0) is 37.9 Å². The van der Waals surface area contributed by atoms with Gasteiger partial charge in [0, 0.05) is 10.6 Å². The lowest BCUT2D eigenvalue weighted by Crippen LogP contribution is -2.25. The number of benzene rings is 1. The molecule has 0 spiro atoms. The lowest BCUT2D eigenvalue weighted by Gasteiger charge is -2.12. The average molecular weight is 212 g/mol. The van der Waals surface area contributed by atoms with Crippen LogP contribution in [0.25, 0.3) is 0 Å².